The predicted octanol–water partition coefficient (Wildman–Crippen LogP) is 2.69. The molecule has 1 aliphatic rings. The number of rotatable bonds is 3. The molecule has 3 aromatic rings. The molecule has 0 saturated carbocycles. The zero-order chi connectivity index (χ0) is 18.0. The van der Waals surface area contributed by atoms with Crippen LogP contribution in [0.5, 0.6) is 0 Å². The molecule has 26 heavy (non-hydrogen) atoms. The molecule has 0 bridgehead atoms. The van der Waals surface area contributed by atoms with E-state index in [1.807, 2.05) is 74.5 Å². The van der Waals surface area contributed by atoms with Crippen LogP contribution in [-0.2, 0) is 5.54 Å². The summed E-state index contributed by atoms with van der Waals surface area (Å²) in [6.07, 6.45) is 5.61. The van der Waals surface area contributed by atoms with E-state index >= 15 is 0 Å². The van der Waals surface area contributed by atoms with E-state index in [1.54, 1.807) is 6.20 Å². The van der Waals surface area contributed by atoms with E-state index in [0.717, 1.165) is 22.8 Å². The molecule has 0 radical (unpaired) electrons. The Balaban J connectivity index is 1.82. The van der Waals surface area contributed by atoms with Gasteiger partial charge in [-0.3, -0.25) is 15.4 Å². The lowest BCUT2D eigenvalue weighted by atomic mass is 9.88. The fraction of sp³-hybridized carbons (Fsp3) is 0.150. The van der Waals surface area contributed by atoms with Gasteiger partial charge in [-0.2, -0.15) is 10.2 Å². The molecule has 0 saturated heterocycles. The zero-order valence-electron chi connectivity index (χ0n) is 14.6. The van der Waals surface area contributed by atoms with Crippen LogP contribution < -0.4 is 5.43 Å². The van der Waals surface area contributed by atoms with Crippen molar-refractivity contribution in [2.75, 3.05) is 0 Å². The monoisotopic (exact) mass is 342 g/mol. The number of nitrogens with one attached hydrogen (secondary N) is 1. The van der Waals surface area contributed by atoms with Crippen molar-refractivity contribution in [2.45, 2.75) is 19.4 Å². The lowest BCUT2D eigenvalue weighted by Crippen LogP contribution is -2.43. The number of aryl methyl sites for hydroxylation is 2. The predicted molar refractivity (Wildman–Crippen MR) is 99.6 cm³/mol. The van der Waals surface area contributed by atoms with Gasteiger partial charge in [-0.15, -0.1) is 5.10 Å². The Kier molecular flexibility index (Phi) is 4.01. The molecule has 6 heteroatoms. The highest BCUT2D eigenvalue weighted by molar-refractivity contribution is 6.07. The molecule has 4 heterocycles. The van der Waals surface area contributed by atoms with Gasteiger partial charge in [-0.1, -0.05) is 12.1 Å². The Morgan fingerprint density at radius 1 is 0.846 bits per heavy atom. The molecule has 0 amide bonds. The number of hydrogen-bond donors (Lipinski definition) is 1. The molecule has 3 aromatic heterocycles. The van der Waals surface area contributed by atoms with E-state index in [9.17, 15) is 0 Å². The Bertz CT molecular complexity index is 948. The van der Waals surface area contributed by atoms with E-state index < -0.39 is 5.54 Å². The summed E-state index contributed by atoms with van der Waals surface area (Å²) in [7, 11) is 0. The van der Waals surface area contributed by atoms with Crippen LogP contribution in [0, 0.1) is 13.8 Å². The van der Waals surface area contributed by atoms with E-state index in [-0.39, 0.29) is 0 Å². The third-order valence-corrected chi connectivity index (χ3v) is 4.26. The van der Waals surface area contributed by atoms with E-state index in [2.05, 4.69) is 20.7 Å². The standard InChI is InChI=1S/C20H18N6/c1-14-6-3-9-18(22-14)20(19-10-4-7-15(2)23-19)12-11-17(25-26-20)16-8-5-13-21-24-16/h3-13,26H,1-2H3. The van der Waals surface area contributed by atoms with Crippen LogP contribution in [0.1, 0.15) is 28.5 Å². The summed E-state index contributed by atoms with van der Waals surface area (Å²) in [5, 5.41) is 12.6. The average molecular weight is 342 g/mol. The number of pyridine rings is 2. The molecule has 0 unspecified atom stereocenters. The number of hydrogen-bond acceptors (Lipinski definition) is 6. The summed E-state index contributed by atoms with van der Waals surface area (Å²) in [6, 6.07) is 15.6. The van der Waals surface area contributed by atoms with E-state index in [1.165, 1.54) is 0 Å². The first kappa shape index (κ1) is 16.1. The summed E-state index contributed by atoms with van der Waals surface area (Å²) in [6.45, 7) is 3.95. The summed E-state index contributed by atoms with van der Waals surface area (Å²) >= 11 is 0. The second-order valence-corrected chi connectivity index (χ2v) is 6.19. The molecular weight excluding hydrogens is 324 g/mol. The zero-order valence-corrected chi connectivity index (χ0v) is 14.6. The van der Waals surface area contributed by atoms with E-state index in [4.69, 9.17) is 9.97 Å². The third-order valence-electron chi connectivity index (χ3n) is 4.26. The molecule has 4 rings (SSSR count). The van der Waals surface area contributed by atoms with Crippen molar-refractivity contribution >= 4 is 5.71 Å². The largest absolute Gasteiger partial charge is 0.287 e. The molecule has 0 fully saturated rings. The Morgan fingerprint density at radius 3 is 2.04 bits per heavy atom. The number of aromatic nitrogens is 4. The Labute approximate surface area is 151 Å². The summed E-state index contributed by atoms with van der Waals surface area (Å²) in [5.41, 5.74) is 7.53. The first-order valence-corrected chi connectivity index (χ1v) is 8.38. The van der Waals surface area contributed by atoms with Crippen molar-refractivity contribution in [2.24, 2.45) is 5.10 Å². The quantitative estimate of drug-likeness (QED) is 0.792. The fourth-order valence-corrected chi connectivity index (χ4v) is 2.95. The Hall–Kier alpha value is -3.41. The highest BCUT2D eigenvalue weighted by atomic mass is 15.4. The number of hydrazone groups is 1. The van der Waals surface area contributed by atoms with Gasteiger partial charge >= 0.3 is 0 Å². The summed E-state index contributed by atoms with van der Waals surface area (Å²) in [4.78, 5) is 9.44. The highest BCUT2D eigenvalue weighted by Crippen LogP contribution is 2.31. The molecule has 0 spiro atoms. The SMILES string of the molecule is Cc1cccc(C2(c3cccc(C)n3)C=CC(c3cccnn3)=NN2)n1. The summed E-state index contributed by atoms with van der Waals surface area (Å²) < 4.78 is 0. The second-order valence-electron chi connectivity index (χ2n) is 6.19. The first-order chi connectivity index (χ1) is 12.7. The molecule has 0 aliphatic carbocycles. The van der Waals surface area contributed by atoms with Crippen molar-refractivity contribution in [1.29, 1.82) is 0 Å². The van der Waals surface area contributed by atoms with Crippen LogP contribution in [0.25, 0.3) is 0 Å². The Morgan fingerprint density at radius 2 is 1.54 bits per heavy atom. The lowest BCUT2D eigenvalue weighted by Gasteiger charge is -2.32. The van der Waals surface area contributed by atoms with Gasteiger partial charge < -0.3 is 0 Å². The van der Waals surface area contributed by atoms with Crippen molar-refractivity contribution in [3.63, 3.8) is 0 Å². The van der Waals surface area contributed by atoms with Crippen molar-refractivity contribution < 1.29 is 0 Å². The van der Waals surface area contributed by atoms with Crippen molar-refractivity contribution in [1.82, 2.24) is 25.6 Å². The normalized spacial score (nSPS) is 15.2. The molecular formula is C20H18N6. The van der Waals surface area contributed by atoms with Crippen LogP contribution >= 0.6 is 0 Å². The van der Waals surface area contributed by atoms with Crippen LogP contribution in [0.15, 0.2) is 72.0 Å². The molecule has 1 aliphatic heterocycles. The second kappa shape index (κ2) is 6.48. The third kappa shape index (κ3) is 2.86. The van der Waals surface area contributed by atoms with Gasteiger partial charge in [0.15, 0.2) is 5.54 Å². The minimum Gasteiger partial charge on any atom is -0.287 e. The van der Waals surface area contributed by atoms with Gasteiger partial charge in [-0.05, 0) is 62.4 Å². The minimum atomic E-state index is -0.732. The van der Waals surface area contributed by atoms with Gasteiger partial charge in [0.25, 0.3) is 0 Å². The maximum absolute atomic E-state index is 4.72. The van der Waals surface area contributed by atoms with Crippen LogP contribution in [0.2, 0.25) is 0 Å². The highest BCUT2D eigenvalue weighted by Gasteiger charge is 2.37. The smallest absolute Gasteiger partial charge is 0.157 e. The van der Waals surface area contributed by atoms with E-state index in [0.29, 0.717) is 11.4 Å². The number of allylic oxidation sites excluding steroid dienone is 1. The van der Waals surface area contributed by atoms with Crippen molar-refractivity contribution in [3.8, 4) is 0 Å². The molecule has 0 atom stereocenters. The maximum Gasteiger partial charge on any atom is 0.157 e. The maximum atomic E-state index is 4.72. The minimum absolute atomic E-state index is 0.708. The molecule has 6 nitrogen and oxygen atoms in total. The number of nitrogens with zero attached hydrogens (tertiary/aromatic N) is 5. The first-order valence-electron chi connectivity index (χ1n) is 8.38. The lowest BCUT2D eigenvalue weighted by molar-refractivity contribution is 0.476. The fourth-order valence-electron chi connectivity index (χ4n) is 2.95. The molecule has 1 N–H and O–H groups in total. The molecule has 0 aromatic carbocycles. The van der Waals surface area contributed by atoms with Gasteiger partial charge in [-0.25, -0.2) is 0 Å². The molecule has 128 valence electrons. The average Bonchev–Trinajstić information content (AvgIpc) is 2.69. The topological polar surface area (TPSA) is 76.0 Å². The van der Waals surface area contributed by atoms with Crippen LogP contribution in [0.3, 0.4) is 0 Å². The van der Waals surface area contributed by atoms with Crippen LogP contribution in [-0.4, -0.2) is 25.9 Å². The summed E-state index contributed by atoms with van der Waals surface area (Å²) in [5.74, 6) is 0. The van der Waals surface area contributed by atoms with Gasteiger partial charge in [0.2, 0.25) is 0 Å². The van der Waals surface area contributed by atoms with Gasteiger partial charge in [0.1, 0.15) is 11.4 Å². The van der Waals surface area contributed by atoms with Gasteiger partial charge in [0.05, 0.1) is 11.4 Å². The van der Waals surface area contributed by atoms with Crippen LogP contribution in [0.4, 0.5) is 0 Å². The van der Waals surface area contributed by atoms with Gasteiger partial charge in [0, 0.05) is 17.6 Å². The van der Waals surface area contributed by atoms with Crippen molar-refractivity contribution in [3.05, 3.63) is 95.3 Å².